The first-order chi connectivity index (χ1) is 9.49. The summed E-state index contributed by atoms with van der Waals surface area (Å²) in [6.07, 6.45) is 3.88. The summed E-state index contributed by atoms with van der Waals surface area (Å²) < 4.78 is 2.87. The molecule has 0 aromatic carbocycles. The molecule has 20 heavy (non-hydrogen) atoms. The van der Waals surface area contributed by atoms with Gasteiger partial charge in [0.15, 0.2) is 4.60 Å². The normalized spacial score (nSPS) is 27.2. The maximum absolute atomic E-state index is 4.17. The van der Waals surface area contributed by atoms with Gasteiger partial charge in [-0.1, -0.05) is 32.4 Å². The van der Waals surface area contributed by atoms with Crippen molar-refractivity contribution in [1.82, 2.24) is 20.3 Å². The van der Waals surface area contributed by atoms with Crippen LogP contribution < -0.4 is 5.32 Å². The van der Waals surface area contributed by atoms with Crippen LogP contribution in [0.25, 0.3) is 0 Å². The average Bonchev–Trinajstić information content (AvgIpc) is 2.70. The molecule has 0 bridgehead atoms. The second-order valence-corrected chi connectivity index (χ2v) is 7.48. The Morgan fingerprint density at radius 2 is 2.15 bits per heavy atom. The number of aryl methyl sites for hydroxylation is 1. The number of nitrogens with one attached hydrogen (secondary N) is 1. The van der Waals surface area contributed by atoms with Crippen molar-refractivity contribution in [3.63, 3.8) is 0 Å². The zero-order valence-electron chi connectivity index (χ0n) is 13.1. The summed E-state index contributed by atoms with van der Waals surface area (Å²) in [5.74, 6) is 2.76. The average molecular weight is 343 g/mol. The van der Waals surface area contributed by atoms with Crippen LogP contribution in [0.4, 0.5) is 0 Å². The Morgan fingerprint density at radius 3 is 2.75 bits per heavy atom. The third kappa shape index (κ3) is 3.82. The highest BCUT2D eigenvalue weighted by Crippen LogP contribution is 2.41. The van der Waals surface area contributed by atoms with Crippen LogP contribution in [0, 0.1) is 17.8 Å². The summed E-state index contributed by atoms with van der Waals surface area (Å²) in [6, 6.07) is 0. The van der Waals surface area contributed by atoms with Gasteiger partial charge in [0, 0.05) is 13.0 Å². The van der Waals surface area contributed by atoms with Crippen molar-refractivity contribution in [2.75, 3.05) is 13.1 Å². The Labute approximate surface area is 130 Å². The minimum absolute atomic E-state index is 0.563. The van der Waals surface area contributed by atoms with E-state index in [1.54, 1.807) is 0 Å². The lowest BCUT2D eigenvalue weighted by Gasteiger charge is -2.35. The smallest absolute Gasteiger partial charge is 0.151 e. The van der Waals surface area contributed by atoms with Crippen molar-refractivity contribution >= 4 is 15.9 Å². The van der Waals surface area contributed by atoms with Crippen LogP contribution in [0.3, 0.4) is 0 Å². The van der Waals surface area contributed by atoms with E-state index >= 15 is 0 Å². The summed E-state index contributed by atoms with van der Waals surface area (Å²) >= 11 is 3.58. The van der Waals surface area contributed by atoms with E-state index in [1.807, 2.05) is 11.7 Å². The summed E-state index contributed by atoms with van der Waals surface area (Å²) in [5, 5.41) is 12.0. The molecule has 114 valence electrons. The maximum Gasteiger partial charge on any atom is 0.151 e. The highest BCUT2D eigenvalue weighted by atomic mass is 79.9. The van der Waals surface area contributed by atoms with Gasteiger partial charge in [0.1, 0.15) is 0 Å². The zero-order chi connectivity index (χ0) is 14.7. The van der Waals surface area contributed by atoms with Crippen molar-refractivity contribution in [1.29, 1.82) is 0 Å². The second-order valence-electron chi connectivity index (χ2n) is 6.73. The molecule has 1 aromatic heterocycles. The first-order valence-corrected chi connectivity index (χ1v) is 8.54. The molecule has 1 N–H and O–H groups in total. The molecule has 5 heteroatoms. The first kappa shape index (κ1) is 16.0. The number of hydrogen-bond acceptors (Lipinski definition) is 3. The van der Waals surface area contributed by atoms with Crippen LogP contribution in [-0.4, -0.2) is 28.1 Å². The number of nitrogens with zero attached hydrogens (tertiary/aromatic N) is 3. The van der Waals surface area contributed by atoms with Crippen molar-refractivity contribution in [2.24, 2.45) is 24.8 Å². The lowest BCUT2D eigenvalue weighted by atomic mass is 9.73. The van der Waals surface area contributed by atoms with E-state index < -0.39 is 0 Å². The highest BCUT2D eigenvalue weighted by Gasteiger charge is 2.33. The summed E-state index contributed by atoms with van der Waals surface area (Å²) in [4.78, 5) is 0. The molecule has 1 fully saturated rings. The van der Waals surface area contributed by atoms with Crippen molar-refractivity contribution in [3.05, 3.63) is 10.3 Å². The lowest BCUT2D eigenvalue weighted by Crippen LogP contribution is -2.34. The van der Waals surface area contributed by atoms with Crippen LogP contribution in [0.2, 0.25) is 0 Å². The van der Waals surface area contributed by atoms with Crippen molar-refractivity contribution in [3.8, 4) is 0 Å². The Bertz CT molecular complexity index is 410. The fourth-order valence-corrected chi connectivity index (χ4v) is 3.93. The Morgan fingerprint density at radius 1 is 1.40 bits per heavy atom. The predicted octanol–water partition coefficient (Wildman–Crippen LogP) is 3.34. The number of halogens is 1. The maximum atomic E-state index is 4.17. The van der Waals surface area contributed by atoms with Gasteiger partial charge in [-0.2, -0.15) is 0 Å². The second kappa shape index (κ2) is 7.03. The third-order valence-corrected chi connectivity index (χ3v) is 4.96. The first-order valence-electron chi connectivity index (χ1n) is 7.74. The summed E-state index contributed by atoms with van der Waals surface area (Å²) in [7, 11) is 2.00. The van der Waals surface area contributed by atoms with Gasteiger partial charge in [-0.25, -0.2) is 0 Å². The van der Waals surface area contributed by atoms with Gasteiger partial charge in [0.2, 0.25) is 0 Å². The molecule has 0 radical (unpaired) electrons. The molecule has 3 atom stereocenters. The molecular formula is C15H27BrN4. The van der Waals surface area contributed by atoms with E-state index in [2.05, 4.69) is 52.3 Å². The number of hydrogen-bond donors (Lipinski definition) is 1. The lowest BCUT2D eigenvalue weighted by molar-refractivity contribution is 0.232. The standard InChI is InChI=1S/C15H27BrN4/c1-10(2)8-17-9-12-6-5-11(3)7-13(12)14-15(16)18-19-20(14)4/h10-13,17H,5-9H2,1-4H3. The van der Waals surface area contributed by atoms with Gasteiger partial charge in [-0.3, -0.25) is 4.68 Å². The van der Waals surface area contributed by atoms with Gasteiger partial charge in [0.05, 0.1) is 5.69 Å². The van der Waals surface area contributed by atoms with Crippen LogP contribution in [0.15, 0.2) is 4.60 Å². The fourth-order valence-electron chi connectivity index (χ4n) is 3.31. The van der Waals surface area contributed by atoms with E-state index in [4.69, 9.17) is 0 Å². The van der Waals surface area contributed by atoms with Crippen molar-refractivity contribution in [2.45, 2.75) is 46.0 Å². The van der Waals surface area contributed by atoms with Gasteiger partial charge >= 0.3 is 0 Å². The van der Waals surface area contributed by atoms with Gasteiger partial charge in [0.25, 0.3) is 0 Å². The van der Waals surface area contributed by atoms with Crippen LogP contribution in [0.1, 0.15) is 51.6 Å². The molecule has 1 heterocycles. The van der Waals surface area contributed by atoms with E-state index in [0.29, 0.717) is 17.8 Å². The molecule has 0 aliphatic heterocycles. The highest BCUT2D eigenvalue weighted by molar-refractivity contribution is 9.10. The van der Waals surface area contributed by atoms with Crippen LogP contribution >= 0.6 is 15.9 Å². The molecule has 4 nitrogen and oxygen atoms in total. The monoisotopic (exact) mass is 342 g/mol. The zero-order valence-corrected chi connectivity index (χ0v) is 14.7. The molecule has 0 amide bonds. The molecular weight excluding hydrogens is 316 g/mol. The molecule has 1 aliphatic rings. The molecule has 0 saturated heterocycles. The number of aromatic nitrogens is 3. The molecule has 3 unspecified atom stereocenters. The Balaban J connectivity index is 2.08. The predicted molar refractivity (Wildman–Crippen MR) is 85.7 cm³/mol. The third-order valence-electron chi connectivity index (χ3n) is 4.39. The van der Waals surface area contributed by atoms with Gasteiger partial charge < -0.3 is 5.32 Å². The van der Waals surface area contributed by atoms with E-state index in [1.165, 1.54) is 25.0 Å². The van der Waals surface area contributed by atoms with Crippen LogP contribution in [0.5, 0.6) is 0 Å². The number of rotatable bonds is 5. The summed E-state index contributed by atoms with van der Waals surface area (Å²) in [5.41, 5.74) is 1.27. The molecule has 2 rings (SSSR count). The largest absolute Gasteiger partial charge is 0.316 e. The van der Waals surface area contributed by atoms with E-state index in [0.717, 1.165) is 23.6 Å². The van der Waals surface area contributed by atoms with Crippen LogP contribution in [-0.2, 0) is 7.05 Å². The van der Waals surface area contributed by atoms with Gasteiger partial charge in [-0.05, 0) is 59.6 Å². The van der Waals surface area contributed by atoms with Gasteiger partial charge in [-0.15, -0.1) is 5.10 Å². The summed E-state index contributed by atoms with van der Waals surface area (Å²) in [6.45, 7) is 9.09. The molecule has 0 spiro atoms. The Kier molecular flexibility index (Phi) is 5.61. The minimum atomic E-state index is 0.563. The fraction of sp³-hybridized carbons (Fsp3) is 0.867. The quantitative estimate of drug-likeness (QED) is 0.892. The van der Waals surface area contributed by atoms with E-state index in [-0.39, 0.29) is 0 Å². The van der Waals surface area contributed by atoms with Crippen molar-refractivity contribution < 1.29 is 0 Å². The molecule has 1 aliphatic carbocycles. The molecule has 1 saturated carbocycles. The topological polar surface area (TPSA) is 42.7 Å². The molecule has 1 aromatic rings. The van der Waals surface area contributed by atoms with E-state index in [9.17, 15) is 0 Å². The minimum Gasteiger partial charge on any atom is -0.316 e. The SMILES string of the molecule is CC(C)CNCC1CCC(C)CC1c1c(Br)nnn1C. The Hall–Kier alpha value is -0.420.